The summed E-state index contributed by atoms with van der Waals surface area (Å²) in [7, 11) is 0. The Hall–Kier alpha value is -2.73. The Morgan fingerprint density at radius 2 is 1.91 bits per heavy atom. The van der Waals surface area contributed by atoms with Crippen LogP contribution in [0.4, 0.5) is 17.3 Å². The van der Waals surface area contributed by atoms with Crippen molar-refractivity contribution >= 4 is 34.6 Å². The van der Waals surface area contributed by atoms with Gasteiger partial charge in [0.15, 0.2) is 11.6 Å². The molecule has 0 aliphatic heterocycles. The van der Waals surface area contributed by atoms with Crippen LogP contribution in [0.2, 0.25) is 0 Å². The molecule has 116 valence electrons. The van der Waals surface area contributed by atoms with Crippen LogP contribution in [0.1, 0.15) is 16.6 Å². The number of aromatic nitrogens is 2. The minimum atomic E-state index is -0.169. The number of rotatable bonds is 5. The molecule has 0 aliphatic rings. The van der Waals surface area contributed by atoms with Gasteiger partial charge in [0.1, 0.15) is 0 Å². The lowest BCUT2D eigenvalue weighted by Crippen LogP contribution is -2.18. The number of carbonyl (C=O) groups excluding carboxylic acids is 1. The first-order valence-corrected chi connectivity index (χ1v) is 8.17. The number of hydrogen-bond acceptors (Lipinski definition) is 5. The summed E-state index contributed by atoms with van der Waals surface area (Å²) < 4.78 is 0. The van der Waals surface area contributed by atoms with Crippen molar-refractivity contribution in [1.82, 2.24) is 10.2 Å². The predicted octanol–water partition coefficient (Wildman–Crippen LogP) is 3.95. The van der Waals surface area contributed by atoms with Crippen LogP contribution in [-0.4, -0.2) is 22.6 Å². The monoisotopic (exact) mass is 324 g/mol. The lowest BCUT2D eigenvalue weighted by atomic mass is 10.3. The van der Waals surface area contributed by atoms with Gasteiger partial charge in [-0.15, -0.1) is 21.5 Å². The third kappa shape index (κ3) is 3.54. The van der Waals surface area contributed by atoms with Crippen molar-refractivity contribution in [1.29, 1.82) is 0 Å². The molecule has 0 saturated carbocycles. The quantitative estimate of drug-likeness (QED) is 0.772. The lowest BCUT2D eigenvalue weighted by molar-refractivity contribution is 0.103. The second-order valence-corrected chi connectivity index (χ2v) is 5.74. The SMILES string of the molecule is CCN(c1ccccc1)c1ccc(NC(=O)c2cccs2)nn1. The van der Waals surface area contributed by atoms with Crippen molar-refractivity contribution in [3.8, 4) is 0 Å². The zero-order chi connectivity index (χ0) is 16.1. The van der Waals surface area contributed by atoms with Crippen LogP contribution >= 0.6 is 11.3 Å². The average Bonchev–Trinajstić information content (AvgIpc) is 3.13. The van der Waals surface area contributed by atoms with E-state index in [2.05, 4.69) is 27.3 Å². The van der Waals surface area contributed by atoms with Crippen molar-refractivity contribution < 1.29 is 4.79 Å². The molecule has 5 nitrogen and oxygen atoms in total. The van der Waals surface area contributed by atoms with Gasteiger partial charge in [0.25, 0.3) is 5.91 Å². The third-order valence-electron chi connectivity index (χ3n) is 3.30. The fraction of sp³-hybridized carbons (Fsp3) is 0.118. The molecule has 0 radical (unpaired) electrons. The number of anilines is 3. The molecule has 0 bridgehead atoms. The van der Waals surface area contributed by atoms with Crippen molar-refractivity contribution in [2.24, 2.45) is 0 Å². The Balaban J connectivity index is 1.75. The van der Waals surface area contributed by atoms with Gasteiger partial charge in [-0.1, -0.05) is 24.3 Å². The van der Waals surface area contributed by atoms with Gasteiger partial charge in [-0.25, -0.2) is 0 Å². The first-order valence-electron chi connectivity index (χ1n) is 7.29. The fourth-order valence-corrected chi connectivity index (χ4v) is 2.83. The summed E-state index contributed by atoms with van der Waals surface area (Å²) >= 11 is 1.39. The molecule has 6 heteroatoms. The van der Waals surface area contributed by atoms with Gasteiger partial charge < -0.3 is 10.2 Å². The number of carbonyl (C=O) groups is 1. The highest BCUT2D eigenvalue weighted by atomic mass is 32.1. The van der Waals surface area contributed by atoms with E-state index in [-0.39, 0.29) is 5.91 Å². The van der Waals surface area contributed by atoms with Gasteiger partial charge in [0.2, 0.25) is 0 Å². The van der Waals surface area contributed by atoms with Crippen LogP contribution in [0.15, 0.2) is 60.0 Å². The lowest BCUT2D eigenvalue weighted by Gasteiger charge is -2.21. The Labute approximate surface area is 138 Å². The number of thiophene rings is 1. The Morgan fingerprint density at radius 3 is 2.52 bits per heavy atom. The van der Waals surface area contributed by atoms with Crippen LogP contribution in [0.3, 0.4) is 0 Å². The van der Waals surface area contributed by atoms with E-state index in [1.807, 2.05) is 47.8 Å². The molecular formula is C17H16N4OS. The predicted molar refractivity (Wildman–Crippen MR) is 93.4 cm³/mol. The molecule has 1 amide bonds. The zero-order valence-corrected chi connectivity index (χ0v) is 13.5. The summed E-state index contributed by atoms with van der Waals surface area (Å²) in [6.45, 7) is 2.83. The fourth-order valence-electron chi connectivity index (χ4n) is 2.21. The first-order chi connectivity index (χ1) is 11.3. The van der Waals surface area contributed by atoms with E-state index in [9.17, 15) is 4.79 Å². The molecule has 3 rings (SSSR count). The second-order valence-electron chi connectivity index (χ2n) is 4.79. The number of amides is 1. The standard InChI is InChI=1S/C17H16N4OS/c1-2-21(13-7-4-3-5-8-13)16-11-10-15(19-20-16)18-17(22)14-9-6-12-23-14/h3-12H,2H2,1H3,(H,18,19,22). The van der Waals surface area contributed by atoms with Crippen molar-refractivity contribution in [2.45, 2.75) is 6.92 Å². The van der Waals surface area contributed by atoms with E-state index in [0.29, 0.717) is 10.7 Å². The maximum atomic E-state index is 12.0. The van der Waals surface area contributed by atoms with Crippen molar-refractivity contribution in [2.75, 3.05) is 16.8 Å². The molecule has 0 spiro atoms. The van der Waals surface area contributed by atoms with Gasteiger partial charge in [0, 0.05) is 12.2 Å². The molecule has 0 fully saturated rings. The topological polar surface area (TPSA) is 58.1 Å². The zero-order valence-electron chi connectivity index (χ0n) is 12.6. The third-order valence-corrected chi connectivity index (χ3v) is 4.17. The van der Waals surface area contributed by atoms with Crippen LogP contribution < -0.4 is 10.2 Å². The van der Waals surface area contributed by atoms with Gasteiger partial charge in [-0.05, 0) is 42.6 Å². The highest BCUT2D eigenvalue weighted by Crippen LogP contribution is 2.22. The molecule has 23 heavy (non-hydrogen) atoms. The summed E-state index contributed by atoms with van der Waals surface area (Å²) in [5.41, 5.74) is 1.06. The molecule has 0 atom stereocenters. The Kier molecular flexibility index (Phi) is 4.63. The smallest absolute Gasteiger partial charge is 0.266 e. The Bertz CT molecular complexity index is 757. The molecule has 0 saturated heterocycles. The Morgan fingerprint density at radius 1 is 1.09 bits per heavy atom. The summed E-state index contributed by atoms with van der Waals surface area (Å²) in [5, 5.41) is 12.9. The number of benzene rings is 1. The molecule has 1 N–H and O–H groups in total. The minimum absolute atomic E-state index is 0.169. The number of nitrogens with zero attached hydrogens (tertiary/aromatic N) is 3. The molecule has 2 heterocycles. The molecule has 2 aromatic heterocycles. The molecule has 3 aromatic rings. The first kappa shape index (κ1) is 15.2. The number of hydrogen-bond donors (Lipinski definition) is 1. The summed E-state index contributed by atoms with van der Waals surface area (Å²) in [5.74, 6) is 1.02. The number of para-hydroxylation sites is 1. The second kappa shape index (κ2) is 7.02. The van der Waals surface area contributed by atoms with Crippen LogP contribution in [0.5, 0.6) is 0 Å². The highest BCUT2D eigenvalue weighted by molar-refractivity contribution is 7.12. The maximum Gasteiger partial charge on any atom is 0.266 e. The van der Waals surface area contributed by atoms with E-state index in [1.165, 1.54) is 11.3 Å². The highest BCUT2D eigenvalue weighted by Gasteiger charge is 2.11. The summed E-state index contributed by atoms with van der Waals surface area (Å²) in [6, 6.07) is 17.2. The van der Waals surface area contributed by atoms with E-state index in [0.717, 1.165) is 18.1 Å². The average molecular weight is 324 g/mol. The summed E-state index contributed by atoms with van der Waals surface area (Å²) in [4.78, 5) is 14.7. The van der Waals surface area contributed by atoms with E-state index in [1.54, 1.807) is 12.1 Å². The van der Waals surface area contributed by atoms with Crippen molar-refractivity contribution in [3.63, 3.8) is 0 Å². The normalized spacial score (nSPS) is 10.3. The summed E-state index contributed by atoms with van der Waals surface area (Å²) in [6.07, 6.45) is 0. The molecule has 1 aromatic carbocycles. The van der Waals surface area contributed by atoms with Crippen LogP contribution in [-0.2, 0) is 0 Å². The van der Waals surface area contributed by atoms with E-state index in [4.69, 9.17) is 0 Å². The molecular weight excluding hydrogens is 308 g/mol. The van der Waals surface area contributed by atoms with E-state index >= 15 is 0 Å². The van der Waals surface area contributed by atoms with Gasteiger partial charge in [-0.2, -0.15) is 0 Å². The molecule has 0 aliphatic carbocycles. The molecule has 0 unspecified atom stereocenters. The van der Waals surface area contributed by atoms with Gasteiger partial charge in [0.05, 0.1) is 4.88 Å². The van der Waals surface area contributed by atoms with Crippen molar-refractivity contribution in [3.05, 3.63) is 64.9 Å². The maximum absolute atomic E-state index is 12.0. The van der Waals surface area contributed by atoms with E-state index < -0.39 is 0 Å². The van der Waals surface area contributed by atoms with Gasteiger partial charge >= 0.3 is 0 Å². The minimum Gasteiger partial charge on any atom is -0.325 e. The van der Waals surface area contributed by atoms with Gasteiger partial charge in [-0.3, -0.25) is 4.79 Å². The largest absolute Gasteiger partial charge is 0.325 e. The van der Waals surface area contributed by atoms with Crippen LogP contribution in [0.25, 0.3) is 0 Å². The number of nitrogens with one attached hydrogen (secondary N) is 1. The van der Waals surface area contributed by atoms with Crippen LogP contribution in [0, 0.1) is 0 Å².